The first-order valence-corrected chi connectivity index (χ1v) is 6.83. The summed E-state index contributed by atoms with van der Waals surface area (Å²) >= 11 is 1.46. The van der Waals surface area contributed by atoms with Crippen molar-refractivity contribution in [2.45, 2.75) is 13.8 Å². The van der Waals surface area contributed by atoms with Gasteiger partial charge in [0.05, 0.1) is 18.2 Å². The lowest BCUT2D eigenvalue weighted by Crippen LogP contribution is -2.03. The highest BCUT2D eigenvalue weighted by Gasteiger charge is 2.23. The molecular weight excluding hydrogens is 221 g/mol. The molecule has 0 aromatic carbocycles. The van der Waals surface area contributed by atoms with Crippen LogP contribution >= 0.6 is 19.1 Å². The Kier molecular flexibility index (Phi) is 4.62. The van der Waals surface area contributed by atoms with Crippen LogP contribution in [0, 0.1) is 0 Å². The zero-order chi connectivity index (χ0) is 10.4. The van der Waals surface area contributed by atoms with E-state index in [1.807, 2.05) is 17.5 Å². The van der Waals surface area contributed by atoms with E-state index in [0.29, 0.717) is 13.2 Å². The molecule has 80 valence electrons. The molecule has 1 aromatic rings. The molecule has 0 radical (unpaired) electrons. The van der Waals surface area contributed by atoms with Crippen molar-refractivity contribution in [2.75, 3.05) is 18.3 Å². The normalized spacial score (nSPS) is 11.6. The van der Waals surface area contributed by atoms with E-state index in [-0.39, 0.29) is 0 Å². The molecule has 4 nitrogen and oxygen atoms in total. The average molecular weight is 235 g/mol. The fourth-order valence-electron chi connectivity index (χ4n) is 0.919. The molecule has 0 fully saturated rings. The predicted molar refractivity (Wildman–Crippen MR) is 58.8 cm³/mol. The first-order chi connectivity index (χ1) is 6.70. The fourth-order valence-corrected chi connectivity index (χ4v) is 3.15. The van der Waals surface area contributed by atoms with Gasteiger partial charge < -0.3 is 0 Å². The third-order valence-corrected chi connectivity index (χ3v) is 4.01. The Morgan fingerprint density at radius 1 is 1.43 bits per heavy atom. The number of anilines is 1. The summed E-state index contributed by atoms with van der Waals surface area (Å²) in [7, 11) is -3.15. The highest BCUT2D eigenvalue weighted by Crippen LogP contribution is 2.48. The van der Waals surface area contributed by atoms with Gasteiger partial charge in [-0.25, -0.2) is 4.57 Å². The highest BCUT2D eigenvalue weighted by atomic mass is 32.1. The summed E-state index contributed by atoms with van der Waals surface area (Å²) in [5.41, 5.74) is 0. The number of thiophene rings is 1. The van der Waals surface area contributed by atoms with E-state index < -0.39 is 7.75 Å². The van der Waals surface area contributed by atoms with Crippen LogP contribution in [0.4, 0.5) is 5.00 Å². The largest absolute Gasteiger partial charge is 0.433 e. The molecule has 0 atom stereocenters. The molecule has 1 aromatic heterocycles. The number of rotatable bonds is 6. The van der Waals surface area contributed by atoms with Crippen molar-refractivity contribution in [1.82, 2.24) is 0 Å². The quantitative estimate of drug-likeness (QED) is 0.768. The van der Waals surface area contributed by atoms with E-state index in [1.54, 1.807) is 13.8 Å². The molecule has 1 heterocycles. The third-order valence-electron chi connectivity index (χ3n) is 1.37. The zero-order valence-electron chi connectivity index (χ0n) is 8.23. The molecule has 0 saturated heterocycles. The second-order valence-electron chi connectivity index (χ2n) is 2.42. The van der Waals surface area contributed by atoms with Crippen molar-refractivity contribution in [2.24, 2.45) is 0 Å². The highest BCUT2D eigenvalue weighted by molar-refractivity contribution is 7.56. The lowest BCUT2D eigenvalue weighted by atomic mass is 10.6. The van der Waals surface area contributed by atoms with Crippen LogP contribution in [0.1, 0.15) is 13.8 Å². The summed E-state index contributed by atoms with van der Waals surface area (Å²) in [5.74, 6) is 0. The first kappa shape index (κ1) is 11.7. The number of hydrogen-bond donors (Lipinski definition) is 1. The van der Waals surface area contributed by atoms with Gasteiger partial charge in [-0.2, -0.15) is 0 Å². The number of nitrogens with one attached hydrogen (secondary N) is 1. The van der Waals surface area contributed by atoms with Gasteiger partial charge in [-0.05, 0) is 31.4 Å². The molecule has 6 heteroatoms. The zero-order valence-corrected chi connectivity index (χ0v) is 9.94. The molecule has 0 aliphatic rings. The SMILES string of the molecule is CCOP(=O)(Nc1cccs1)OCC. The maximum absolute atomic E-state index is 11.9. The molecule has 0 aliphatic heterocycles. The van der Waals surface area contributed by atoms with Crippen LogP contribution in [0.25, 0.3) is 0 Å². The Labute approximate surface area is 87.8 Å². The van der Waals surface area contributed by atoms with E-state index in [4.69, 9.17) is 9.05 Å². The van der Waals surface area contributed by atoms with E-state index in [1.165, 1.54) is 11.3 Å². The van der Waals surface area contributed by atoms with Crippen molar-refractivity contribution >= 4 is 24.1 Å². The second-order valence-corrected chi connectivity index (χ2v) is 5.10. The van der Waals surface area contributed by atoms with Crippen LogP contribution in [0.3, 0.4) is 0 Å². The summed E-state index contributed by atoms with van der Waals surface area (Å²) in [4.78, 5) is 0. The first-order valence-electron chi connectivity index (χ1n) is 4.41. The standard InChI is InChI=1S/C8H14NO3PS/c1-3-11-13(10,12-4-2)9-8-6-5-7-14-8/h5-7H,3-4H2,1-2H3,(H,9,10). The van der Waals surface area contributed by atoms with Crippen LogP contribution in [-0.2, 0) is 13.6 Å². The Hall–Kier alpha value is -0.350. The van der Waals surface area contributed by atoms with Gasteiger partial charge in [0, 0.05) is 0 Å². The topological polar surface area (TPSA) is 47.6 Å². The van der Waals surface area contributed by atoms with Crippen molar-refractivity contribution in [3.8, 4) is 0 Å². The van der Waals surface area contributed by atoms with Gasteiger partial charge in [0.25, 0.3) is 0 Å². The maximum Gasteiger partial charge on any atom is 0.433 e. The van der Waals surface area contributed by atoms with E-state index in [9.17, 15) is 4.57 Å². The monoisotopic (exact) mass is 235 g/mol. The van der Waals surface area contributed by atoms with Gasteiger partial charge >= 0.3 is 7.75 Å². The molecule has 0 bridgehead atoms. The Balaban J connectivity index is 2.64. The average Bonchev–Trinajstić information content (AvgIpc) is 2.57. The van der Waals surface area contributed by atoms with E-state index in [0.717, 1.165) is 5.00 Å². The Bertz CT molecular complexity index is 292. The summed E-state index contributed by atoms with van der Waals surface area (Å²) in [6.07, 6.45) is 0. The van der Waals surface area contributed by atoms with Crippen LogP contribution in [0.15, 0.2) is 17.5 Å². The molecule has 1 N–H and O–H groups in total. The van der Waals surface area contributed by atoms with Gasteiger partial charge in [-0.15, -0.1) is 11.3 Å². The fraction of sp³-hybridized carbons (Fsp3) is 0.500. The Morgan fingerprint density at radius 3 is 2.50 bits per heavy atom. The number of hydrogen-bond acceptors (Lipinski definition) is 4. The molecule has 0 unspecified atom stereocenters. The maximum atomic E-state index is 11.9. The minimum atomic E-state index is -3.15. The molecule has 0 spiro atoms. The molecule has 14 heavy (non-hydrogen) atoms. The minimum Gasteiger partial charge on any atom is -0.293 e. The predicted octanol–water partition coefficient (Wildman–Crippen LogP) is 3.34. The van der Waals surface area contributed by atoms with Gasteiger partial charge in [-0.3, -0.25) is 14.1 Å². The molecule has 0 amide bonds. The Morgan fingerprint density at radius 2 is 2.07 bits per heavy atom. The minimum absolute atomic E-state index is 0.357. The van der Waals surface area contributed by atoms with Gasteiger partial charge in [0.15, 0.2) is 0 Å². The van der Waals surface area contributed by atoms with Crippen molar-refractivity contribution in [3.63, 3.8) is 0 Å². The summed E-state index contributed by atoms with van der Waals surface area (Å²) in [5, 5.41) is 5.45. The smallest absolute Gasteiger partial charge is 0.293 e. The van der Waals surface area contributed by atoms with Crippen LogP contribution in [0.5, 0.6) is 0 Å². The summed E-state index contributed by atoms with van der Waals surface area (Å²) in [6.45, 7) is 4.27. The molecule has 0 aliphatic carbocycles. The van der Waals surface area contributed by atoms with Crippen molar-refractivity contribution in [1.29, 1.82) is 0 Å². The van der Waals surface area contributed by atoms with Gasteiger partial charge in [-0.1, -0.05) is 0 Å². The lowest BCUT2D eigenvalue weighted by Gasteiger charge is -2.17. The summed E-state index contributed by atoms with van der Waals surface area (Å²) in [6, 6.07) is 3.70. The van der Waals surface area contributed by atoms with E-state index in [2.05, 4.69) is 5.09 Å². The molecule has 0 saturated carbocycles. The van der Waals surface area contributed by atoms with Gasteiger partial charge in [0.1, 0.15) is 0 Å². The summed E-state index contributed by atoms with van der Waals surface area (Å²) < 4.78 is 22.1. The third kappa shape index (κ3) is 3.42. The van der Waals surface area contributed by atoms with Crippen LogP contribution in [-0.4, -0.2) is 13.2 Å². The second kappa shape index (κ2) is 5.51. The molecule has 1 rings (SSSR count). The van der Waals surface area contributed by atoms with Crippen LogP contribution in [0.2, 0.25) is 0 Å². The van der Waals surface area contributed by atoms with E-state index >= 15 is 0 Å². The van der Waals surface area contributed by atoms with Crippen LogP contribution < -0.4 is 5.09 Å². The van der Waals surface area contributed by atoms with Crippen molar-refractivity contribution < 1.29 is 13.6 Å². The lowest BCUT2D eigenvalue weighted by molar-refractivity contribution is 0.225. The van der Waals surface area contributed by atoms with Gasteiger partial charge in [0.2, 0.25) is 0 Å². The van der Waals surface area contributed by atoms with Crippen molar-refractivity contribution in [3.05, 3.63) is 17.5 Å². The molecular formula is C8H14NO3PS.